The molecule has 0 aliphatic heterocycles. The minimum absolute atomic E-state index is 0.419. The molecule has 0 heterocycles. The van der Waals surface area contributed by atoms with Gasteiger partial charge in [0.1, 0.15) is 5.78 Å². The summed E-state index contributed by atoms with van der Waals surface area (Å²) in [5.41, 5.74) is 4.47. The molecule has 0 spiro atoms. The van der Waals surface area contributed by atoms with E-state index in [2.05, 4.69) is 45.9 Å². The minimum atomic E-state index is 0.419. The van der Waals surface area contributed by atoms with Crippen molar-refractivity contribution in [2.75, 3.05) is 0 Å². The van der Waals surface area contributed by atoms with Crippen LogP contribution in [0.25, 0.3) is 0 Å². The Balaban J connectivity index is 2.59. The number of Topliss-reactive ketones (excluding diaryl/α,β-unsaturated/α-hetero) is 1. The number of ketones is 1. The van der Waals surface area contributed by atoms with Gasteiger partial charge in [-0.25, -0.2) is 0 Å². The number of carbonyl (C=O) groups excluding carboxylic acids is 1. The zero-order valence-electron chi connectivity index (χ0n) is 13.7. The lowest BCUT2D eigenvalue weighted by molar-refractivity contribution is -0.119. The molecule has 0 fully saturated rings. The molecule has 20 heavy (non-hydrogen) atoms. The first kappa shape index (κ1) is 16.9. The van der Waals surface area contributed by atoms with E-state index in [0.29, 0.717) is 11.7 Å². The molecule has 0 saturated heterocycles. The second-order valence-electron chi connectivity index (χ2n) is 6.15. The Morgan fingerprint density at radius 3 is 2.30 bits per heavy atom. The van der Waals surface area contributed by atoms with Gasteiger partial charge in [0, 0.05) is 12.8 Å². The Labute approximate surface area is 124 Å². The molecule has 0 aliphatic rings. The number of rotatable bonds is 9. The number of hydrogen-bond donors (Lipinski definition) is 0. The molecule has 0 N–H and O–H groups in total. The standard InChI is InChI=1S/C19H30O/c1-5-9-16-10-7-11-17(19(16)6-2)12-8-13-18(20)14-15(3)4/h7,10-11,15H,5-6,8-9,12-14H2,1-4H3. The van der Waals surface area contributed by atoms with Crippen molar-refractivity contribution >= 4 is 5.78 Å². The highest BCUT2D eigenvalue weighted by atomic mass is 16.1. The van der Waals surface area contributed by atoms with Gasteiger partial charge in [-0.05, 0) is 48.3 Å². The van der Waals surface area contributed by atoms with Gasteiger partial charge in [0.05, 0.1) is 0 Å². The molecule has 1 aromatic rings. The van der Waals surface area contributed by atoms with Crippen molar-refractivity contribution in [2.24, 2.45) is 5.92 Å². The van der Waals surface area contributed by atoms with Gasteiger partial charge in [-0.1, -0.05) is 52.3 Å². The number of aryl methyl sites for hydroxylation is 2. The smallest absolute Gasteiger partial charge is 0.133 e. The summed E-state index contributed by atoms with van der Waals surface area (Å²) in [5.74, 6) is 0.907. The Kier molecular flexibility index (Phi) is 7.58. The van der Waals surface area contributed by atoms with Gasteiger partial charge in [-0.2, -0.15) is 0 Å². The van der Waals surface area contributed by atoms with E-state index in [1.54, 1.807) is 0 Å². The summed E-state index contributed by atoms with van der Waals surface area (Å²) in [5, 5.41) is 0. The fourth-order valence-electron chi connectivity index (χ4n) is 2.91. The van der Waals surface area contributed by atoms with Crippen LogP contribution in [0.3, 0.4) is 0 Å². The first-order valence-electron chi connectivity index (χ1n) is 8.19. The third-order valence-electron chi connectivity index (χ3n) is 3.78. The van der Waals surface area contributed by atoms with Crippen LogP contribution >= 0.6 is 0 Å². The quantitative estimate of drug-likeness (QED) is 0.609. The van der Waals surface area contributed by atoms with Crippen molar-refractivity contribution in [2.45, 2.75) is 72.6 Å². The van der Waals surface area contributed by atoms with Gasteiger partial charge in [-0.3, -0.25) is 4.79 Å². The second kappa shape index (κ2) is 8.94. The van der Waals surface area contributed by atoms with E-state index in [4.69, 9.17) is 0 Å². The lowest BCUT2D eigenvalue weighted by Crippen LogP contribution is -2.04. The van der Waals surface area contributed by atoms with Gasteiger partial charge in [-0.15, -0.1) is 0 Å². The molecule has 1 heteroatoms. The topological polar surface area (TPSA) is 17.1 Å². The zero-order valence-corrected chi connectivity index (χ0v) is 13.7. The zero-order chi connectivity index (χ0) is 15.0. The monoisotopic (exact) mass is 274 g/mol. The lowest BCUT2D eigenvalue weighted by Gasteiger charge is -2.13. The first-order chi connectivity index (χ1) is 9.58. The van der Waals surface area contributed by atoms with Gasteiger partial charge < -0.3 is 0 Å². The van der Waals surface area contributed by atoms with Crippen LogP contribution < -0.4 is 0 Å². The Hall–Kier alpha value is -1.11. The van der Waals surface area contributed by atoms with E-state index < -0.39 is 0 Å². The molecule has 0 aliphatic carbocycles. The van der Waals surface area contributed by atoms with Crippen molar-refractivity contribution in [3.8, 4) is 0 Å². The number of hydrogen-bond acceptors (Lipinski definition) is 1. The molecule has 1 aromatic carbocycles. The summed E-state index contributed by atoms with van der Waals surface area (Å²) in [6.45, 7) is 8.70. The molecule has 1 rings (SSSR count). The highest BCUT2D eigenvalue weighted by molar-refractivity contribution is 5.78. The van der Waals surface area contributed by atoms with Gasteiger partial charge in [0.15, 0.2) is 0 Å². The van der Waals surface area contributed by atoms with E-state index in [9.17, 15) is 4.79 Å². The van der Waals surface area contributed by atoms with E-state index in [1.807, 2.05) is 0 Å². The highest BCUT2D eigenvalue weighted by Crippen LogP contribution is 2.20. The van der Waals surface area contributed by atoms with Crippen molar-refractivity contribution in [1.82, 2.24) is 0 Å². The summed E-state index contributed by atoms with van der Waals surface area (Å²) in [6, 6.07) is 6.68. The second-order valence-corrected chi connectivity index (χ2v) is 6.15. The van der Waals surface area contributed by atoms with Crippen LogP contribution in [0.4, 0.5) is 0 Å². The van der Waals surface area contributed by atoms with Crippen molar-refractivity contribution in [3.05, 3.63) is 34.9 Å². The minimum Gasteiger partial charge on any atom is -0.300 e. The van der Waals surface area contributed by atoms with Crippen LogP contribution in [-0.2, 0) is 24.1 Å². The summed E-state index contributed by atoms with van der Waals surface area (Å²) in [6.07, 6.45) is 6.98. The lowest BCUT2D eigenvalue weighted by atomic mass is 9.92. The van der Waals surface area contributed by atoms with E-state index in [1.165, 1.54) is 29.5 Å². The summed E-state index contributed by atoms with van der Waals surface area (Å²) < 4.78 is 0. The summed E-state index contributed by atoms with van der Waals surface area (Å²) in [4.78, 5) is 11.8. The average Bonchev–Trinajstić information content (AvgIpc) is 2.38. The van der Waals surface area contributed by atoms with Crippen LogP contribution in [-0.4, -0.2) is 5.78 Å². The Morgan fingerprint density at radius 1 is 1.10 bits per heavy atom. The largest absolute Gasteiger partial charge is 0.300 e. The van der Waals surface area contributed by atoms with Crippen molar-refractivity contribution < 1.29 is 4.79 Å². The predicted octanol–water partition coefficient (Wildman–Crippen LogP) is 5.14. The first-order valence-corrected chi connectivity index (χ1v) is 8.19. The van der Waals surface area contributed by atoms with Gasteiger partial charge in [0.2, 0.25) is 0 Å². The fourth-order valence-corrected chi connectivity index (χ4v) is 2.91. The van der Waals surface area contributed by atoms with Crippen LogP contribution in [0.15, 0.2) is 18.2 Å². The Morgan fingerprint density at radius 2 is 1.75 bits per heavy atom. The molecule has 0 unspecified atom stereocenters. The summed E-state index contributed by atoms with van der Waals surface area (Å²) >= 11 is 0. The molecule has 0 saturated carbocycles. The van der Waals surface area contributed by atoms with Crippen LogP contribution in [0.5, 0.6) is 0 Å². The predicted molar refractivity (Wildman–Crippen MR) is 87.2 cm³/mol. The normalized spacial score (nSPS) is 11.1. The highest BCUT2D eigenvalue weighted by Gasteiger charge is 2.08. The van der Waals surface area contributed by atoms with Crippen LogP contribution in [0, 0.1) is 5.92 Å². The molecule has 0 radical (unpaired) electrons. The van der Waals surface area contributed by atoms with Crippen molar-refractivity contribution in [3.63, 3.8) is 0 Å². The fraction of sp³-hybridized carbons (Fsp3) is 0.632. The molecule has 0 atom stereocenters. The number of carbonyl (C=O) groups is 1. The Bertz CT molecular complexity index is 418. The van der Waals surface area contributed by atoms with Crippen LogP contribution in [0.1, 0.15) is 70.1 Å². The maximum absolute atomic E-state index is 11.8. The molecule has 112 valence electrons. The molecule has 0 amide bonds. The molecule has 0 aromatic heterocycles. The number of benzene rings is 1. The van der Waals surface area contributed by atoms with Gasteiger partial charge >= 0.3 is 0 Å². The third-order valence-corrected chi connectivity index (χ3v) is 3.78. The van der Waals surface area contributed by atoms with Gasteiger partial charge in [0.25, 0.3) is 0 Å². The molecule has 1 nitrogen and oxygen atoms in total. The maximum atomic E-state index is 11.8. The molecular formula is C19H30O. The average molecular weight is 274 g/mol. The van der Waals surface area contributed by atoms with Crippen LogP contribution in [0.2, 0.25) is 0 Å². The maximum Gasteiger partial charge on any atom is 0.133 e. The SMILES string of the molecule is CCCc1cccc(CCCC(=O)CC(C)C)c1CC. The van der Waals surface area contributed by atoms with E-state index >= 15 is 0 Å². The van der Waals surface area contributed by atoms with E-state index in [0.717, 1.165) is 32.1 Å². The van der Waals surface area contributed by atoms with E-state index in [-0.39, 0.29) is 0 Å². The molecule has 0 bridgehead atoms. The summed E-state index contributed by atoms with van der Waals surface area (Å²) in [7, 11) is 0. The molecular weight excluding hydrogens is 244 g/mol. The third kappa shape index (κ3) is 5.48. The van der Waals surface area contributed by atoms with Crippen molar-refractivity contribution in [1.29, 1.82) is 0 Å².